The number of hydrogen-bond acceptors (Lipinski definition) is 4. The molecule has 4 nitrogen and oxygen atoms in total. The maximum atomic E-state index is 12.1. The van der Waals surface area contributed by atoms with E-state index in [1.54, 1.807) is 18.5 Å². The van der Waals surface area contributed by atoms with Gasteiger partial charge < -0.3 is 0 Å². The highest BCUT2D eigenvalue weighted by Gasteiger charge is 2.14. The SMILES string of the molecule is FC(F)c1nnc(-n2cccn2)s1. The molecular weight excluding hydrogens is 198 g/mol. The van der Waals surface area contributed by atoms with Crippen LogP contribution in [0.25, 0.3) is 5.13 Å². The zero-order chi connectivity index (χ0) is 9.26. The first-order valence-electron chi connectivity index (χ1n) is 3.39. The van der Waals surface area contributed by atoms with Crippen LogP contribution in [-0.4, -0.2) is 20.0 Å². The lowest BCUT2D eigenvalue weighted by Crippen LogP contribution is -1.92. The van der Waals surface area contributed by atoms with Crippen LogP contribution in [0.1, 0.15) is 11.4 Å². The van der Waals surface area contributed by atoms with E-state index in [0.29, 0.717) is 5.13 Å². The van der Waals surface area contributed by atoms with E-state index < -0.39 is 6.43 Å². The molecule has 2 aromatic heterocycles. The lowest BCUT2D eigenvalue weighted by molar-refractivity contribution is 0.150. The predicted molar refractivity (Wildman–Crippen MR) is 42.0 cm³/mol. The van der Waals surface area contributed by atoms with Gasteiger partial charge in [0.1, 0.15) is 0 Å². The molecule has 0 aliphatic carbocycles. The van der Waals surface area contributed by atoms with Gasteiger partial charge in [0.2, 0.25) is 5.13 Å². The Kier molecular flexibility index (Phi) is 2.01. The standard InChI is InChI=1S/C6H4F2N4S/c7-4(8)5-10-11-6(13-5)12-3-1-2-9-12/h1-4H. The first-order chi connectivity index (χ1) is 6.27. The second-order valence-electron chi connectivity index (χ2n) is 2.17. The van der Waals surface area contributed by atoms with Crippen molar-refractivity contribution in [1.29, 1.82) is 0 Å². The second-order valence-corrected chi connectivity index (χ2v) is 3.16. The number of halogens is 2. The number of aromatic nitrogens is 4. The third kappa shape index (κ3) is 1.55. The van der Waals surface area contributed by atoms with E-state index in [1.165, 1.54) is 4.68 Å². The topological polar surface area (TPSA) is 43.6 Å². The maximum Gasteiger partial charge on any atom is 0.291 e. The summed E-state index contributed by atoms with van der Waals surface area (Å²) in [5.41, 5.74) is 0. The van der Waals surface area contributed by atoms with Crippen LogP contribution in [0, 0.1) is 0 Å². The van der Waals surface area contributed by atoms with Crippen LogP contribution < -0.4 is 0 Å². The predicted octanol–water partition coefficient (Wildman–Crippen LogP) is 1.66. The van der Waals surface area contributed by atoms with Crippen molar-refractivity contribution < 1.29 is 8.78 Å². The number of nitrogens with zero attached hydrogens (tertiary/aromatic N) is 4. The molecule has 0 unspecified atom stereocenters. The lowest BCUT2D eigenvalue weighted by Gasteiger charge is -1.89. The van der Waals surface area contributed by atoms with Crippen LogP contribution in [0.3, 0.4) is 0 Å². The summed E-state index contributed by atoms with van der Waals surface area (Å²) >= 11 is 0.827. The van der Waals surface area contributed by atoms with E-state index in [0.717, 1.165) is 11.3 Å². The van der Waals surface area contributed by atoms with Crippen LogP contribution >= 0.6 is 11.3 Å². The van der Waals surface area contributed by atoms with E-state index in [9.17, 15) is 8.78 Å². The average molecular weight is 202 g/mol. The molecule has 2 aromatic rings. The molecule has 7 heteroatoms. The molecule has 0 saturated heterocycles. The Labute approximate surface area is 75.8 Å². The van der Waals surface area contributed by atoms with Crippen molar-refractivity contribution in [1.82, 2.24) is 20.0 Å². The number of alkyl halides is 2. The molecule has 0 aliphatic heterocycles. The summed E-state index contributed by atoms with van der Waals surface area (Å²) in [5, 5.41) is 10.8. The van der Waals surface area contributed by atoms with Crippen LogP contribution in [0.15, 0.2) is 18.5 Å². The summed E-state index contributed by atoms with van der Waals surface area (Å²) in [6, 6.07) is 1.68. The minimum Gasteiger partial charge on any atom is -0.212 e. The van der Waals surface area contributed by atoms with Gasteiger partial charge in [-0.15, -0.1) is 10.2 Å². The van der Waals surface area contributed by atoms with Gasteiger partial charge in [0.15, 0.2) is 5.01 Å². The smallest absolute Gasteiger partial charge is 0.212 e. The fourth-order valence-corrected chi connectivity index (χ4v) is 1.43. The summed E-state index contributed by atoms with van der Waals surface area (Å²) in [7, 11) is 0. The Morgan fingerprint density at radius 2 is 2.23 bits per heavy atom. The molecule has 0 fully saturated rings. The van der Waals surface area contributed by atoms with E-state index in [-0.39, 0.29) is 5.01 Å². The van der Waals surface area contributed by atoms with Gasteiger partial charge in [-0.2, -0.15) is 5.10 Å². The van der Waals surface area contributed by atoms with Crippen LogP contribution in [-0.2, 0) is 0 Å². The van der Waals surface area contributed by atoms with Crippen LogP contribution in [0.5, 0.6) is 0 Å². The van der Waals surface area contributed by atoms with E-state index in [1.807, 2.05) is 0 Å². The summed E-state index contributed by atoms with van der Waals surface area (Å²) < 4.78 is 25.6. The normalized spacial score (nSPS) is 11.0. The molecular formula is C6H4F2N4S. The highest BCUT2D eigenvalue weighted by atomic mass is 32.1. The molecule has 0 bridgehead atoms. The molecule has 68 valence electrons. The van der Waals surface area contributed by atoms with Gasteiger partial charge in [-0.3, -0.25) is 0 Å². The first kappa shape index (κ1) is 8.24. The average Bonchev–Trinajstić information content (AvgIpc) is 2.75. The fourth-order valence-electron chi connectivity index (χ4n) is 0.789. The molecule has 0 amide bonds. The van der Waals surface area contributed by atoms with Crippen molar-refractivity contribution >= 4 is 11.3 Å². The van der Waals surface area contributed by atoms with E-state index in [2.05, 4.69) is 15.3 Å². The maximum absolute atomic E-state index is 12.1. The summed E-state index contributed by atoms with van der Waals surface area (Å²) in [6.45, 7) is 0. The minimum atomic E-state index is -2.57. The van der Waals surface area contributed by atoms with Crippen molar-refractivity contribution in [2.45, 2.75) is 6.43 Å². The summed E-state index contributed by atoms with van der Waals surface area (Å²) in [6.07, 6.45) is 0.598. The highest BCUT2D eigenvalue weighted by Crippen LogP contribution is 2.23. The number of rotatable bonds is 2. The zero-order valence-corrected chi connectivity index (χ0v) is 7.08. The molecule has 13 heavy (non-hydrogen) atoms. The first-order valence-corrected chi connectivity index (χ1v) is 4.20. The largest absolute Gasteiger partial charge is 0.291 e. The molecule has 2 rings (SSSR count). The monoisotopic (exact) mass is 202 g/mol. The minimum absolute atomic E-state index is 0.287. The van der Waals surface area contributed by atoms with Crippen molar-refractivity contribution in [2.24, 2.45) is 0 Å². The molecule has 0 aliphatic rings. The Balaban J connectivity index is 2.33. The van der Waals surface area contributed by atoms with E-state index >= 15 is 0 Å². The van der Waals surface area contributed by atoms with Crippen molar-refractivity contribution in [3.63, 3.8) is 0 Å². The molecule has 2 heterocycles. The summed E-state index contributed by atoms with van der Waals surface area (Å²) in [4.78, 5) is 0. The molecule has 0 atom stereocenters. The third-order valence-electron chi connectivity index (χ3n) is 1.32. The molecule has 0 radical (unpaired) electrons. The van der Waals surface area contributed by atoms with Gasteiger partial charge in [-0.05, 0) is 6.07 Å². The molecule has 0 saturated carbocycles. The van der Waals surface area contributed by atoms with Gasteiger partial charge in [0, 0.05) is 12.4 Å². The third-order valence-corrected chi connectivity index (χ3v) is 2.24. The molecule has 0 spiro atoms. The zero-order valence-electron chi connectivity index (χ0n) is 6.26. The van der Waals surface area contributed by atoms with Crippen LogP contribution in [0.4, 0.5) is 8.78 Å². The van der Waals surface area contributed by atoms with Crippen molar-refractivity contribution in [3.8, 4) is 5.13 Å². The lowest BCUT2D eigenvalue weighted by atomic mass is 10.8. The van der Waals surface area contributed by atoms with Gasteiger partial charge in [-0.25, -0.2) is 13.5 Å². The van der Waals surface area contributed by atoms with E-state index in [4.69, 9.17) is 0 Å². The van der Waals surface area contributed by atoms with Crippen LogP contribution in [0.2, 0.25) is 0 Å². The highest BCUT2D eigenvalue weighted by molar-refractivity contribution is 7.13. The Bertz CT molecular complexity index is 383. The van der Waals surface area contributed by atoms with Gasteiger partial charge in [-0.1, -0.05) is 11.3 Å². The number of hydrogen-bond donors (Lipinski definition) is 0. The molecule has 0 N–H and O–H groups in total. The fraction of sp³-hybridized carbons (Fsp3) is 0.167. The Morgan fingerprint density at radius 3 is 2.77 bits per heavy atom. The Morgan fingerprint density at radius 1 is 1.38 bits per heavy atom. The van der Waals surface area contributed by atoms with Gasteiger partial charge in [0.05, 0.1) is 0 Å². The van der Waals surface area contributed by atoms with Crippen molar-refractivity contribution in [3.05, 3.63) is 23.5 Å². The van der Waals surface area contributed by atoms with Gasteiger partial charge in [0.25, 0.3) is 6.43 Å². The molecule has 0 aromatic carbocycles. The van der Waals surface area contributed by atoms with Gasteiger partial charge >= 0.3 is 0 Å². The summed E-state index contributed by atoms with van der Waals surface area (Å²) in [5.74, 6) is 0. The quantitative estimate of drug-likeness (QED) is 0.743. The second kappa shape index (κ2) is 3.17. The Hall–Kier alpha value is -1.37. The van der Waals surface area contributed by atoms with Crippen molar-refractivity contribution in [2.75, 3.05) is 0 Å².